The Morgan fingerprint density at radius 3 is 2.31 bits per heavy atom. The monoisotopic (exact) mass is 448 g/mol. The van der Waals surface area contributed by atoms with Gasteiger partial charge in [-0.1, -0.05) is 12.1 Å². The van der Waals surface area contributed by atoms with Crippen molar-refractivity contribution in [3.8, 4) is 17.6 Å². The molecule has 1 aliphatic rings. The molecule has 0 saturated carbocycles. The zero-order chi connectivity index (χ0) is 22.6. The molecule has 1 fully saturated rings. The number of carbonyl (C=O) groups is 1. The van der Waals surface area contributed by atoms with Gasteiger partial charge in [0.2, 0.25) is 10.0 Å². The number of nitrogens with zero attached hydrogens (tertiary/aromatic N) is 4. The van der Waals surface area contributed by atoms with Gasteiger partial charge in [-0.25, -0.2) is 8.42 Å². The first kappa shape index (κ1) is 21.5. The van der Waals surface area contributed by atoms with Crippen LogP contribution in [0.4, 0.5) is 0 Å². The summed E-state index contributed by atoms with van der Waals surface area (Å²) in [7, 11) is -3.80. The number of hydrogen-bond donors (Lipinski definition) is 0. The highest BCUT2D eigenvalue weighted by molar-refractivity contribution is 7.89. The Labute approximate surface area is 186 Å². The van der Waals surface area contributed by atoms with E-state index in [0.29, 0.717) is 17.1 Å². The maximum Gasteiger partial charge on any atom is 0.253 e. The molecular formula is C23H20N4O4S. The highest BCUT2D eigenvalue weighted by Gasteiger charge is 2.31. The molecule has 1 aromatic heterocycles. The fourth-order valence-corrected chi connectivity index (χ4v) is 5.01. The second-order valence-electron chi connectivity index (χ2n) is 7.12. The number of rotatable bonds is 5. The quantitative estimate of drug-likeness (QED) is 0.595. The Hall–Kier alpha value is -3.74. The lowest BCUT2D eigenvalue weighted by Gasteiger charge is -2.34. The average Bonchev–Trinajstić information content (AvgIpc) is 2.85. The number of sulfonamides is 1. The first-order valence-corrected chi connectivity index (χ1v) is 11.4. The van der Waals surface area contributed by atoms with Crippen molar-refractivity contribution in [1.29, 1.82) is 5.26 Å². The second-order valence-corrected chi connectivity index (χ2v) is 9.03. The van der Waals surface area contributed by atoms with E-state index in [4.69, 9.17) is 4.74 Å². The molecule has 2 heterocycles. The van der Waals surface area contributed by atoms with Crippen LogP contribution in [0.1, 0.15) is 15.9 Å². The molecule has 162 valence electrons. The Morgan fingerprint density at radius 2 is 1.66 bits per heavy atom. The van der Waals surface area contributed by atoms with Crippen molar-refractivity contribution in [3.63, 3.8) is 0 Å². The van der Waals surface area contributed by atoms with Crippen LogP contribution in [0.25, 0.3) is 0 Å². The Balaban J connectivity index is 1.40. The van der Waals surface area contributed by atoms with E-state index in [1.165, 1.54) is 16.4 Å². The molecule has 2 aromatic carbocycles. The predicted octanol–water partition coefficient (Wildman–Crippen LogP) is 2.89. The maximum absolute atomic E-state index is 13.0. The van der Waals surface area contributed by atoms with E-state index >= 15 is 0 Å². The summed E-state index contributed by atoms with van der Waals surface area (Å²) in [5.74, 6) is 1.01. The maximum atomic E-state index is 13.0. The molecular weight excluding hydrogens is 428 g/mol. The minimum Gasteiger partial charge on any atom is -0.456 e. The smallest absolute Gasteiger partial charge is 0.253 e. The van der Waals surface area contributed by atoms with E-state index in [9.17, 15) is 18.5 Å². The number of nitriles is 1. The van der Waals surface area contributed by atoms with Crippen LogP contribution in [0.5, 0.6) is 11.5 Å². The normalized spacial score (nSPS) is 14.5. The number of amides is 1. The third-order valence-electron chi connectivity index (χ3n) is 5.12. The lowest BCUT2D eigenvalue weighted by molar-refractivity contribution is 0.0698. The summed E-state index contributed by atoms with van der Waals surface area (Å²) in [5.41, 5.74) is 0.606. The van der Waals surface area contributed by atoms with Crippen molar-refractivity contribution >= 4 is 15.9 Å². The van der Waals surface area contributed by atoms with E-state index in [2.05, 4.69) is 4.98 Å². The summed E-state index contributed by atoms with van der Waals surface area (Å²) in [6, 6.07) is 18.4. The van der Waals surface area contributed by atoms with Crippen LogP contribution in [0.2, 0.25) is 0 Å². The zero-order valence-electron chi connectivity index (χ0n) is 17.1. The number of pyridine rings is 1. The predicted molar refractivity (Wildman–Crippen MR) is 117 cm³/mol. The fourth-order valence-electron chi connectivity index (χ4n) is 3.45. The number of aromatic nitrogens is 1. The molecule has 1 saturated heterocycles. The van der Waals surface area contributed by atoms with Crippen molar-refractivity contribution in [2.75, 3.05) is 26.2 Å². The Bertz CT molecular complexity index is 1250. The molecule has 9 heteroatoms. The van der Waals surface area contributed by atoms with E-state index in [1.54, 1.807) is 65.8 Å². The average molecular weight is 449 g/mol. The van der Waals surface area contributed by atoms with Crippen molar-refractivity contribution in [2.45, 2.75) is 4.90 Å². The molecule has 1 aliphatic heterocycles. The molecule has 1 amide bonds. The van der Waals surface area contributed by atoms with Crippen molar-refractivity contribution in [1.82, 2.24) is 14.2 Å². The summed E-state index contributed by atoms with van der Waals surface area (Å²) in [6.07, 6.45) is 3.25. The topological polar surface area (TPSA) is 104 Å². The lowest BCUT2D eigenvalue weighted by atomic mass is 10.2. The largest absolute Gasteiger partial charge is 0.456 e. The minimum absolute atomic E-state index is 0.00789. The molecule has 4 rings (SSSR count). The Kier molecular flexibility index (Phi) is 6.16. The second kappa shape index (κ2) is 9.18. The number of hydrogen-bond acceptors (Lipinski definition) is 6. The van der Waals surface area contributed by atoms with Crippen LogP contribution in [0.3, 0.4) is 0 Å². The molecule has 32 heavy (non-hydrogen) atoms. The zero-order valence-corrected chi connectivity index (χ0v) is 17.9. The standard InChI is InChI=1S/C23H20N4O4S/c24-16-19-4-1-2-6-22(19)32(29,30)27-14-12-26(13-15-27)23(28)18-7-9-20(10-8-18)31-21-5-3-11-25-17-21/h1-11,17H,12-15H2. The van der Waals surface area contributed by atoms with Gasteiger partial charge in [0, 0.05) is 37.9 Å². The van der Waals surface area contributed by atoms with Crippen molar-refractivity contribution in [3.05, 3.63) is 84.2 Å². The van der Waals surface area contributed by atoms with E-state index in [1.807, 2.05) is 6.07 Å². The van der Waals surface area contributed by atoms with Gasteiger partial charge in [-0.15, -0.1) is 0 Å². The van der Waals surface area contributed by atoms with E-state index < -0.39 is 10.0 Å². The Morgan fingerprint density at radius 1 is 0.938 bits per heavy atom. The third kappa shape index (κ3) is 4.46. The van der Waals surface area contributed by atoms with E-state index in [-0.39, 0.29) is 42.5 Å². The van der Waals surface area contributed by atoms with Gasteiger partial charge in [-0.2, -0.15) is 9.57 Å². The van der Waals surface area contributed by atoms with Gasteiger partial charge in [-0.3, -0.25) is 9.78 Å². The molecule has 0 spiro atoms. The molecule has 0 aliphatic carbocycles. The molecule has 0 unspecified atom stereocenters. The molecule has 8 nitrogen and oxygen atoms in total. The van der Waals surface area contributed by atoms with Gasteiger partial charge in [-0.05, 0) is 48.5 Å². The summed E-state index contributed by atoms with van der Waals surface area (Å²) in [6.45, 7) is 0.855. The van der Waals surface area contributed by atoms with Gasteiger partial charge in [0.25, 0.3) is 5.91 Å². The summed E-state index contributed by atoms with van der Waals surface area (Å²) >= 11 is 0. The van der Waals surface area contributed by atoms with E-state index in [0.717, 1.165) is 0 Å². The van der Waals surface area contributed by atoms with Crippen LogP contribution < -0.4 is 4.74 Å². The SMILES string of the molecule is N#Cc1ccccc1S(=O)(=O)N1CCN(C(=O)c2ccc(Oc3cccnc3)cc2)CC1. The summed E-state index contributed by atoms with van der Waals surface area (Å²) in [5, 5.41) is 9.23. The molecule has 0 N–H and O–H groups in total. The number of carbonyl (C=O) groups excluding carboxylic acids is 1. The molecule has 0 radical (unpaired) electrons. The van der Waals surface area contributed by atoms with Crippen LogP contribution in [-0.4, -0.2) is 54.7 Å². The van der Waals surface area contributed by atoms with Crippen LogP contribution in [-0.2, 0) is 10.0 Å². The van der Waals surface area contributed by atoms with Gasteiger partial charge >= 0.3 is 0 Å². The highest BCUT2D eigenvalue weighted by atomic mass is 32.2. The van der Waals surface area contributed by atoms with Crippen LogP contribution in [0.15, 0.2) is 78.0 Å². The minimum atomic E-state index is -3.80. The lowest BCUT2D eigenvalue weighted by Crippen LogP contribution is -2.50. The number of benzene rings is 2. The molecule has 0 atom stereocenters. The molecule has 0 bridgehead atoms. The van der Waals surface area contributed by atoms with Gasteiger partial charge in [0.1, 0.15) is 17.6 Å². The van der Waals surface area contributed by atoms with Crippen LogP contribution in [0, 0.1) is 11.3 Å². The highest BCUT2D eigenvalue weighted by Crippen LogP contribution is 2.23. The number of piperazine rings is 1. The van der Waals surface area contributed by atoms with Gasteiger partial charge in [0.05, 0.1) is 16.7 Å². The first-order valence-electron chi connectivity index (χ1n) is 9.95. The van der Waals surface area contributed by atoms with Crippen molar-refractivity contribution < 1.29 is 17.9 Å². The van der Waals surface area contributed by atoms with Gasteiger partial charge in [0.15, 0.2) is 0 Å². The van der Waals surface area contributed by atoms with Gasteiger partial charge < -0.3 is 9.64 Å². The summed E-state index contributed by atoms with van der Waals surface area (Å²) < 4.78 is 32.9. The molecule has 3 aromatic rings. The fraction of sp³-hybridized carbons (Fsp3) is 0.174. The van der Waals surface area contributed by atoms with Crippen LogP contribution >= 0.6 is 0 Å². The number of ether oxygens (including phenoxy) is 1. The van der Waals surface area contributed by atoms with Crippen molar-refractivity contribution in [2.24, 2.45) is 0 Å². The summed E-state index contributed by atoms with van der Waals surface area (Å²) in [4.78, 5) is 18.5. The first-order chi connectivity index (χ1) is 15.5. The third-order valence-corrected chi connectivity index (χ3v) is 7.08.